The summed E-state index contributed by atoms with van der Waals surface area (Å²) < 4.78 is 0.530. The molecular formula is C16H18BrN3O. The van der Waals surface area contributed by atoms with Crippen LogP contribution in [0.25, 0.3) is 11.4 Å². The van der Waals surface area contributed by atoms with Crippen molar-refractivity contribution in [3.05, 3.63) is 44.3 Å². The van der Waals surface area contributed by atoms with E-state index in [0.717, 1.165) is 24.2 Å². The molecule has 110 valence electrons. The molecule has 2 aromatic rings. The summed E-state index contributed by atoms with van der Waals surface area (Å²) in [6.45, 7) is 5.11. The number of hydrogen-bond acceptors (Lipinski definition) is 3. The van der Waals surface area contributed by atoms with E-state index >= 15 is 0 Å². The molecule has 0 atom stereocenters. The molecule has 0 aliphatic carbocycles. The Morgan fingerprint density at radius 3 is 2.86 bits per heavy atom. The summed E-state index contributed by atoms with van der Waals surface area (Å²) in [6, 6.07) is 6.26. The maximum Gasteiger partial charge on any atom is 0.265 e. The zero-order valence-electron chi connectivity index (χ0n) is 12.4. The number of aromatic nitrogens is 2. The number of H-pyrrole nitrogens is 1. The molecule has 2 heterocycles. The highest BCUT2D eigenvalue weighted by Crippen LogP contribution is 2.30. The largest absolute Gasteiger partial charge is 0.374 e. The van der Waals surface area contributed by atoms with E-state index in [-0.39, 0.29) is 11.5 Å². The Labute approximate surface area is 132 Å². The molecule has 0 spiro atoms. The van der Waals surface area contributed by atoms with E-state index in [4.69, 9.17) is 0 Å². The van der Waals surface area contributed by atoms with Gasteiger partial charge in [0.1, 0.15) is 10.3 Å². The van der Waals surface area contributed by atoms with Gasteiger partial charge in [-0.2, -0.15) is 0 Å². The minimum absolute atomic E-state index is 0.124. The second kappa shape index (κ2) is 5.30. The predicted molar refractivity (Wildman–Crippen MR) is 89.1 cm³/mol. The molecule has 0 amide bonds. The van der Waals surface area contributed by atoms with Crippen LogP contribution in [0.4, 0.5) is 5.69 Å². The smallest absolute Gasteiger partial charge is 0.265 e. The highest BCUT2D eigenvalue weighted by atomic mass is 79.9. The van der Waals surface area contributed by atoms with Crippen LogP contribution in [-0.4, -0.2) is 23.6 Å². The van der Waals surface area contributed by atoms with Crippen LogP contribution in [0.2, 0.25) is 0 Å². The molecule has 0 radical (unpaired) electrons. The Hall–Kier alpha value is -1.62. The van der Waals surface area contributed by atoms with E-state index in [0.29, 0.717) is 10.3 Å². The predicted octanol–water partition coefficient (Wildman–Crippen LogP) is 3.32. The van der Waals surface area contributed by atoms with Gasteiger partial charge < -0.3 is 9.88 Å². The van der Waals surface area contributed by atoms with E-state index < -0.39 is 0 Å². The summed E-state index contributed by atoms with van der Waals surface area (Å²) in [5.41, 5.74) is 4.22. The van der Waals surface area contributed by atoms with Crippen LogP contribution in [0, 0.1) is 0 Å². The van der Waals surface area contributed by atoms with E-state index in [1.165, 1.54) is 11.3 Å². The number of hydrogen-bond donors (Lipinski definition) is 1. The fourth-order valence-corrected chi connectivity index (χ4v) is 3.36. The second-order valence-electron chi connectivity index (χ2n) is 5.78. The fraction of sp³-hybridized carbons (Fsp3) is 0.375. The third-order valence-corrected chi connectivity index (χ3v) is 4.68. The number of aromatic amines is 1. The molecule has 21 heavy (non-hydrogen) atoms. The number of benzene rings is 1. The molecule has 0 unspecified atom stereocenters. The van der Waals surface area contributed by atoms with Gasteiger partial charge in [-0.15, -0.1) is 0 Å². The maximum atomic E-state index is 12.1. The van der Waals surface area contributed by atoms with E-state index in [9.17, 15) is 4.79 Å². The summed E-state index contributed by atoms with van der Waals surface area (Å²) in [5, 5.41) is 0. The van der Waals surface area contributed by atoms with Crippen LogP contribution in [0.15, 0.2) is 27.5 Å². The Morgan fingerprint density at radius 1 is 1.38 bits per heavy atom. The Balaban J connectivity index is 2.11. The van der Waals surface area contributed by atoms with Gasteiger partial charge in [0, 0.05) is 24.8 Å². The van der Waals surface area contributed by atoms with Gasteiger partial charge in [0.15, 0.2) is 0 Å². The van der Waals surface area contributed by atoms with Crippen molar-refractivity contribution >= 4 is 21.6 Å². The Bertz CT molecular complexity index is 752. The lowest BCUT2D eigenvalue weighted by Crippen LogP contribution is -2.14. The second-order valence-corrected chi connectivity index (χ2v) is 6.58. The number of nitrogens with zero attached hydrogens (tertiary/aromatic N) is 2. The van der Waals surface area contributed by atoms with Crippen molar-refractivity contribution in [3.8, 4) is 11.4 Å². The van der Waals surface area contributed by atoms with Crippen molar-refractivity contribution in [1.29, 1.82) is 0 Å². The summed E-state index contributed by atoms with van der Waals surface area (Å²) in [7, 11) is 2.10. The summed E-state index contributed by atoms with van der Waals surface area (Å²) in [4.78, 5) is 21.8. The third-order valence-electron chi connectivity index (χ3n) is 3.92. The summed E-state index contributed by atoms with van der Waals surface area (Å²) in [6.07, 6.45) is 1.04. The molecule has 1 aliphatic rings. The van der Waals surface area contributed by atoms with Gasteiger partial charge in [-0.3, -0.25) is 4.79 Å². The van der Waals surface area contributed by atoms with Gasteiger partial charge in [0.25, 0.3) is 5.56 Å². The normalized spacial score (nSPS) is 13.9. The molecule has 3 rings (SSSR count). The zero-order chi connectivity index (χ0) is 15.1. The van der Waals surface area contributed by atoms with Crippen LogP contribution in [0.5, 0.6) is 0 Å². The number of halogens is 1. The molecule has 1 N–H and O–H groups in total. The van der Waals surface area contributed by atoms with Crippen molar-refractivity contribution in [2.75, 3.05) is 18.5 Å². The van der Waals surface area contributed by atoms with Crippen molar-refractivity contribution in [2.24, 2.45) is 0 Å². The van der Waals surface area contributed by atoms with E-state index in [1.807, 2.05) is 19.9 Å². The molecule has 1 aromatic heterocycles. The minimum Gasteiger partial charge on any atom is -0.374 e. The SMILES string of the molecule is CC(C)c1nc(-c2ccc3c(c2)CCN3C)[nH]c(=O)c1Br. The monoisotopic (exact) mass is 347 g/mol. The number of anilines is 1. The first kappa shape index (κ1) is 14.3. The fourth-order valence-electron chi connectivity index (χ4n) is 2.71. The van der Waals surface area contributed by atoms with Crippen molar-refractivity contribution in [2.45, 2.75) is 26.2 Å². The topological polar surface area (TPSA) is 49.0 Å². The molecule has 1 aliphatic heterocycles. The lowest BCUT2D eigenvalue weighted by Gasteiger charge is -2.13. The molecule has 5 heteroatoms. The van der Waals surface area contributed by atoms with Crippen LogP contribution < -0.4 is 10.5 Å². The lowest BCUT2D eigenvalue weighted by atomic mass is 10.1. The number of rotatable bonds is 2. The first-order valence-corrected chi connectivity index (χ1v) is 7.91. The zero-order valence-corrected chi connectivity index (χ0v) is 14.0. The average molecular weight is 348 g/mol. The van der Waals surface area contributed by atoms with Crippen LogP contribution in [0.1, 0.15) is 31.0 Å². The minimum atomic E-state index is -0.124. The van der Waals surface area contributed by atoms with Gasteiger partial charge in [-0.05, 0) is 52.0 Å². The molecule has 0 bridgehead atoms. The Morgan fingerprint density at radius 2 is 2.14 bits per heavy atom. The molecule has 4 nitrogen and oxygen atoms in total. The van der Waals surface area contributed by atoms with Gasteiger partial charge in [-0.25, -0.2) is 4.98 Å². The van der Waals surface area contributed by atoms with Crippen molar-refractivity contribution in [1.82, 2.24) is 9.97 Å². The van der Waals surface area contributed by atoms with Crippen molar-refractivity contribution < 1.29 is 0 Å². The Kier molecular flexibility index (Phi) is 3.61. The highest BCUT2D eigenvalue weighted by Gasteiger charge is 2.18. The maximum absolute atomic E-state index is 12.1. The van der Waals surface area contributed by atoms with Crippen molar-refractivity contribution in [3.63, 3.8) is 0 Å². The quantitative estimate of drug-likeness (QED) is 0.906. The standard InChI is InChI=1S/C16H18BrN3O/c1-9(2)14-13(17)16(21)19-15(18-14)11-4-5-12-10(8-11)6-7-20(12)3/h4-5,8-9H,6-7H2,1-3H3,(H,18,19,21). The van der Waals surface area contributed by atoms with E-state index in [1.54, 1.807) is 0 Å². The first-order chi connectivity index (χ1) is 9.97. The number of fused-ring (bicyclic) bond motifs is 1. The van der Waals surface area contributed by atoms with E-state index in [2.05, 4.69) is 50.0 Å². The summed E-state index contributed by atoms with van der Waals surface area (Å²) >= 11 is 3.33. The van der Waals surface area contributed by atoms with Crippen LogP contribution in [-0.2, 0) is 6.42 Å². The molecule has 0 fully saturated rings. The molecular weight excluding hydrogens is 330 g/mol. The van der Waals surface area contributed by atoms with Gasteiger partial charge in [-0.1, -0.05) is 13.8 Å². The van der Waals surface area contributed by atoms with Gasteiger partial charge in [0.05, 0.1) is 5.69 Å². The number of nitrogens with one attached hydrogen (secondary N) is 1. The van der Waals surface area contributed by atoms with Crippen LogP contribution >= 0.6 is 15.9 Å². The van der Waals surface area contributed by atoms with Gasteiger partial charge in [0.2, 0.25) is 0 Å². The third kappa shape index (κ3) is 2.50. The van der Waals surface area contributed by atoms with Crippen LogP contribution in [0.3, 0.4) is 0 Å². The lowest BCUT2D eigenvalue weighted by molar-refractivity contribution is 0.803. The highest BCUT2D eigenvalue weighted by molar-refractivity contribution is 9.10. The molecule has 0 saturated heterocycles. The number of likely N-dealkylation sites (N-methyl/N-ethyl adjacent to an activating group) is 1. The van der Waals surface area contributed by atoms with Gasteiger partial charge >= 0.3 is 0 Å². The summed E-state index contributed by atoms with van der Waals surface area (Å²) in [5.74, 6) is 0.838. The average Bonchev–Trinajstić information content (AvgIpc) is 2.82. The molecule has 0 saturated carbocycles. The molecule has 1 aromatic carbocycles. The first-order valence-electron chi connectivity index (χ1n) is 7.11.